The van der Waals surface area contributed by atoms with Crippen LogP contribution >= 0.6 is 0 Å². The van der Waals surface area contributed by atoms with Gasteiger partial charge in [-0.25, -0.2) is 0 Å². The quantitative estimate of drug-likeness (QED) is 0.782. The molecule has 1 aromatic rings. The molecule has 1 spiro atoms. The predicted molar refractivity (Wildman–Crippen MR) is 87.7 cm³/mol. The first kappa shape index (κ1) is 14.6. The highest BCUT2D eigenvalue weighted by molar-refractivity contribution is 6.62. The van der Waals surface area contributed by atoms with Crippen LogP contribution in [0, 0.1) is 0 Å². The summed E-state index contributed by atoms with van der Waals surface area (Å²) in [6, 6.07) is 8.55. The van der Waals surface area contributed by atoms with Crippen molar-refractivity contribution < 1.29 is 14.0 Å². The van der Waals surface area contributed by atoms with E-state index in [0.29, 0.717) is 0 Å². The summed E-state index contributed by atoms with van der Waals surface area (Å²) in [6.45, 7) is 11.3. The summed E-state index contributed by atoms with van der Waals surface area (Å²) in [5, 5.41) is 0. The van der Waals surface area contributed by atoms with Crippen LogP contribution in [0.4, 0.5) is 5.69 Å². The Morgan fingerprint density at radius 3 is 1.95 bits per heavy atom. The van der Waals surface area contributed by atoms with Gasteiger partial charge in [0.25, 0.3) is 0 Å². The van der Waals surface area contributed by atoms with E-state index in [1.165, 1.54) is 12.1 Å². The molecular weight excluding hydrogens is 277 g/mol. The molecule has 0 aromatic heterocycles. The van der Waals surface area contributed by atoms with Crippen LogP contribution in [0.3, 0.4) is 0 Å². The standard InChI is InChI=1S/C17H24BNO3/c1-15(2)16(3,4)22-18(21-15)13-5-7-14(8-6-13)19-11-17(12-19)9-10-20-17/h5-8H,9-12H2,1-4H3. The van der Waals surface area contributed by atoms with E-state index in [2.05, 4.69) is 56.9 Å². The lowest BCUT2D eigenvalue weighted by Crippen LogP contribution is -2.68. The molecule has 3 heterocycles. The van der Waals surface area contributed by atoms with Gasteiger partial charge in [0.05, 0.1) is 17.8 Å². The van der Waals surface area contributed by atoms with E-state index in [-0.39, 0.29) is 23.9 Å². The molecule has 0 bridgehead atoms. The lowest BCUT2D eigenvalue weighted by Gasteiger charge is -2.56. The zero-order valence-corrected chi connectivity index (χ0v) is 13.9. The van der Waals surface area contributed by atoms with Gasteiger partial charge in [-0.3, -0.25) is 0 Å². The van der Waals surface area contributed by atoms with Gasteiger partial charge in [-0.1, -0.05) is 12.1 Å². The van der Waals surface area contributed by atoms with Gasteiger partial charge in [0, 0.05) is 25.2 Å². The molecule has 118 valence electrons. The highest BCUT2D eigenvalue weighted by atomic mass is 16.7. The molecule has 1 aromatic carbocycles. The van der Waals surface area contributed by atoms with Crippen molar-refractivity contribution in [3.8, 4) is 0 Å². The fraction of sp³-hybridized carbons (Fsp3) is 0.647. The van der Waals surface area contributed by atoms with Crippen molar-refractivity contribution in [2.24, 2.45) is 0 Å². The molecule has 22 heavy (non-hydrogen) atoms. The van der Waals surface area contributed by atoms with Crippen LogP contribution < -0.4 is 10.4 Å². The predicted octanol–water partition coefficient (Wildman–Crippen LogP) is 1.96. The Morgan fingerprint density at radius 2 is 1.50 bits per heavy atom. The average molecular weight is 301 g/mol. The van der Waals surface area contributed by atoms with Crippen LogP contribution in [0.15, 0.2) is 24.3 Å². The van der Waals surface area contributed by atoms with Crippen molar-refractivity contribution in [3.63, 3.8) is 0 Å². The van der Waals surface area contributed by atoms with Crippen LogP contribution in [0.2, 0.25) is 0 Å². The Bertz CT molecular complexity index is 556. The molecule has 0 radical (unpaired) electrons. The zero-order valence-electron chi connectivity index (χ0n) is 13.9. The van der Waals surface area contributed by atoms with Gasteiger partial charge in [-0.05, 0) is 45.3 Å². The highest BCUT2D eigenvalue weighted by Gasteiger charge is 2.52. The number of benzene rings is 1. The zero-order chi connectivity index (χ0) is 15.6. The molecule has 3 aliphatic heterocycles. The first-order chi connectivity index (χ1) is 10.3. The van der Waals surface area contributed by atoms with Gasteiger partial charge in [-0.2, -0.15) is 0 Å². The Hall–Kier alpha value is -1.04. The topological polar surface area (TPSA) is 30.9 Å². The van der Waals surface area contributed by atoms with E-state index in [9.17, 15) is 0 Å². The summed E-state index contributed by atoms with van der Waals surface area (Å²) < 4.78 is 17.9. The highest BCUT2D eigenvalue weighted by Crippen LogP contribution is 2.39. The van der Waals surface area contributed by atoms with Crippen molar-refractivity contribution in [3.05, 3.63) is 24.3 Å². The molecule has 0 unspecified atom stereocenters. The number of anilines is 1. The summed E-state index contributed by atoms with van der Waals surface area (Å²) in [7, 11) is -0.281. The Balaban J connectivity index is 1.45. The van der Waals surface area contributed by atoms with Gasteiger partial charge >= 0.3 is 7.12 Å². The second-order valence-electron chi connectivity index (χ2n) is 7.82. The van der Waals surface area contributed by atoms with E-state index >= 15 is 0 Å². The van der Waals surface area contributed by atoms with Gasteiger partial charge < -0.3 is 18.9 Å². The monoisotopic (exact) mass is 301 g/mol. The fourth-order valence-electron chi connectivity index (χ4n) is 3.29. The van der Waals surface area contributed by atoms with Crippen LogP contribution in [0.25, 0.3) is 0 Å². The summed E-state index contributed by atoms with van der Waals surface area (Å²) >= 11 is 0. The van der Waals surface area contributed by atoms with Crippen LogP contribution in [-0.4, -0.2) is 43.6 Å². The van der Waals surface area contributed by atoms with E-state index in [4.69, 9.17) is 14.0 Å². The minimum absolute atomic E-state index is 0.171. The molecule has 0 aliphatic carbocycles. The van der Waals surface area contributed by atoms with E-state index in [1.807, 2.05) is 0 Å². The fourth-order valence-corrected chi connectivity index (χ4v) is 3.29. The Morgan fingerprint density at radius 1 is 0.955 bits per heavy atom. The van der Waals surface area contributed by atoms with Crippen LogP contribution in [0.5, 0.6) is 0 Å². The first-order valence-corrected chi connectivity index (χ1v) is 8.15. The summed E-state index contributed by atoms with van der Waals surface area (Å²) in [5.74, 6) is 0. The first-order valence-electron chi connectivity index (χ1n) is 8.15. The summed E-state index contributed by atoms with van der Waals surface area (Å²) in [5.41, 5.74) is 1.92. The molecule has 4 rings (SSSR count). The van der Waals surface area contributed by atoms with E-state index in [0.717, 1.165) is 25.2 Å². The lowest BCUT2D eigenvalue weighted by atomic mass is 9.79. The average Bonchev–Trinajstić information content (AvgIpc) is 2.56. The van der Waals surface area contributed by atoms with E-state index < -0.39 is 0 Å². The number of hydrogen-bond donors (Lipinski definition) is 0. The number of hydrogen-bond acceptors (Lipinski definition) is 4. The minimum Gasteiger partial charge on any atom is -0.399 e. The maximum absolute atomic E-state index is 6.09. The number of nitrogens with zero attached hydrogens (tertiary/aromatic N) is 1. The molecule has 0 saturated carbocycles. The second-order valence-corrected chi connectivity index (χ2v) is 7.82. The number of ether oxygens (including phenoxy) is 1. The van der Waals surface area contributed by atoms with Gasteiger partial charge in [0.1, 0.15) is 5.60 Å². The van der Waals surface area contributed by atoms with Gasteiger partial charge in [0.2, 0.25) is 0 Å². The smallest absolute Gasteiger partial charge is 0.399 e. The molecule has 0 N–H and O–H groups in total. The Labute approximate surface area is 132 Å². The SMILES string of the molecule is CC1(C)OB(c2ccc(N3CC4(CCO4)C3)cc2)OC1(C)C. The molecule has 5 heteroatoms. The minimum atomic E-state index is -0.290. The van der Waals surface area contributed by atoms with Crippen molar-refractivity contribution in [1.29, 1.82) is 0 Å². The third-order valence-electron chi connectivity index (χ3n) is 5.71. The molecular formula is C17H24BNO3. The maximum atomic E-state index is 6.09. The van der Waals surface area contributed by atoms with Crippen LogP contribution in [0.1, 0.15) is 34.1 Å². The molecule has 3 fully saturated rings. The summed E-state index contributed by atoms with van der Waals surface area (Å²) in [4.78, 5) is 2.37. The van der Waals surface area contributed by atoms with Crippen molar-refractivity contribution in [2.45, 2.75) is 50.9 Å². The van der Waals surface area contributed by atoms with Crippen molar-refractivity contribution >= 4 is 18.3 Å². The van der Waals surface area contributed by atoms with Crippen molar-refractivity contribution in [1.82, 2.24) is 0 Å². The molecule has 3 saturated heterocycles. The molecule has 3 aliphatic rings. The normalized spacial score (nSPS) is 27.6. The largest absolute Gasteiger partial charge is 0.494 e. The number of rotatable bonds is 2. The van der Waals surface area contributed by atoms with Gasteiger partial charge in [-0.15, -0.1) is 0 Å². The van der Waals surface area contributed by atoms with Crippen LogP contribution in [-0.2, 0) is 14.0 Å². The lowest BCUT2D eigenvalue weighted by molar-refractivity contribution is -0.160. The molecule has 0 amide bonds. The maximum Gasteiger partial charge on any atom is 0.494 e. The van der Waals surface area contributed by atoms with E-state index in [1.54, 1.807) is 0 Å². The molecule has 4 nitrogen and oxygen atoms in total. The van der Waals surface area contributed by atoms with Crippen molar-refractivity contribution in [2.75, 3.05) is 24.6 Å². The molecule has 0 atom stereocenters. The third kappa shape index (κ3) is 2.10. The second kappa shape index (κ2) is 4.50. The summed E-state index contributed by atoms with van der Waals surface area (Å²) in [6.07, 6.45) is 1.20. The van der Waals surface area contributed by atoms with Gasteiger partial charge in [0.15, 0.2) is 0 Å². The third-order valence-corrected chi connectivity index (χ3v) is 5.71. The Kier molecular flexibility index (Phi) is 2.97.